The fourth-order valence-corrected chi connectivity index (χ4v) is 6.12. The van der Waals surface area contributed by atoms with Crippen molar-refractivity contribution in [3.8, 4) is 0 Å². The molecule has 2 aromatic rings. The third kappa shape index (κ3) is 3.97. The van der Waals surface area contributed by atoms with Gasteiger partial charge in [0.15, 0.2) is 0 Å². The zero-order valence-electron chi connectivity index (χ0n) is 18.2. The lowest BCUT2D eigenvalue weighted by molar-refractivity contribution is -0.124. The Bertz CT molecular complexity index is 1150. The number of thiocarbonyl (C=S) groups is 1. The van der Waals surface area contributed by atoms with E-state index in [1.807, 2.05) is 18.2 Å². The molecule has 2 saturated heterocycles. The molecule has 5 rings (SSSR count). The van der Waals surface area contributed by atoms with Crippen molar-refractivity contribution >= 4 is 51.7 Å². The van der Waals surface area contributed by atoms with E-state index in [-0.39, 0.29) is 17.5 Å². The summed E-state index contributed by atoms with van der Waals surface area (Å²) in [5.74, 6) is 0.575. The van der Waals surface area contributed by atoms with Crippen LogP contribution in [0.15, 0.2) is 34.1 Å². The van der Waals surface area contributed by atoms with Gasteiger partial charge in [-0.2, -0.15) is 0 Å². The molecule has 0 atom stereocenters. The molecule has 0 spiro atoms. The van der Waals surface area contributed by atoms with Crippen molar-refractivity contribution in [2.75, 3.05) is 38.1 Å². The fourth-order valence-electron chi connectivity index (χ4n) is 4.74. The Morgan fingerprint density at radius 2 is 1.84 bits per heavy atom. The molecule has 1 saturated carbocycles. The number of carbonyl (C=O) groups is 1. The smallest absolute Gasteiger partial charge is 0.267 e. The lowest BCUT2D eigenvalue weighted by atomic mass is 9.94. The molecule has 0 unspecified atom stereocenters. The van der Waals surface area contributed by atoms with Crippen molar-refractivity contribution in [3.05, 3.63) is 45.2 Å². The van der Waals surface area contributed by atoms with Crippen LogP contribution in [0.4, 0.5) is 5.82 Å². The highest BCUT2D eigenvalue weighted by Crippen LogP contribution is 2.37. The second-order valence-corrected chi connectivity index (χ2v) is 10.4. The van der Waals surface area contributed by atoms with E-state index in [1.54, 1.807) is 21.6 Å². The monoisotopic (exact) mass is 469 g/mol. The second kappa shape index (κ2) is 8.96. The highest BCUT2D eigenvalue weighted by Gasteiger charge is 2.38. The van der Waals surface area contributed by atoms with Crippen LogP contribution in [-0.2, 0) is 4.79 Å². The van der Waals surface area contributed by atoms with Gasteiger partial charge in [0, 0.05) is 38.4 Å². The standard InChI is InChI=1S/C23H27N5O2S2/c1-25-11-13-26(14-12-25)20-17(21(29)27-10-6-5-9-19(27)24-20)15-18-22(30)28(23(31)32-18)16-7-3-2-4-8-16/h5-6,9-10,15-16H,2-4,7-8,11-14H2,1H3/b18-15-. The lowest BCUT2D eigenvalue weighted by Gasteiger charge is -2.34. The van der Waals surface area contributed by atoms with Gasteiger partial charge in [-0.1, -0.05) is 49.3 Å². The zero-order chi connectivity index (χ0) is 22.2. The number of hydrogen-bond donors (Lipinski definition) is 0. The first-order valence-electron chi connectivity index (χ1n) is 11.2. The molecule has 4 heterocycles. The van der Waals surface area contributed by atoms with Crippen molar-refractivity contribution in [1.82, 2.24) is 19.2 Å². The van der Waals surface area contributed by atoms with Gasteiger partial charge in [-0.3, -0.25) is 18.9 Å². The van der Waals surface area contributed by atoms with E-state index < -0.39 is 0 Å². The molecule has 9 heteroatoms. The Balaban J connectivity index is 1.57. The van der Waals surface area contributed by atoms with Crippen molar-refractivity contribution in [2.24, 2.45) is 0 Å². The molecular weight excluding hydrogens is 442 g/mol. The summed E-state index contributed by atoms with van der Waals surface area (Å²) < 4.78 is 2.15. The van der Waals surface area contributed by atoms with Gasteiger partial charge in [-0.05, 0) is 38.1 Å². The Kier molecular flexibility index (Phi) is 6.05. The van der Waals surface area contributed by atoms with Crippen LogP contribution >= 0.6 is 24.0 Å². The van der Waals surface area contributed by atoms with Crippen molar-refractivity contribution in [2.45, 2.75) is 38.1 Å². The van der Waals surface area contributed by atoms with Gasteiger partial charge >= 0.3 is 0 Å². The van der Waals surface area contributed by atoms with Gasteiger partial charge < -0.3 is 9.80 Å². The predicted octanol–water partition coefficient (Wildman–Crippen LogP) is 2.98. The van der Waals surface area contributed by atoms with Crippen molar-refractivity contribution in [1.29, 1.82) is 0 Å². The average molecular weight is 470 g/mol. The second-order valence-electron chi connectivity index (χ2n) is 8.72. The number of amides is 1. The molecule has 3 aliphatic rings. The molecule has 0 aromatic carbocycles. The maximum Gasteiger partial charge on any atom is 0.267 e. The summed E-state index contributed by atoms with van der Waals surface area (Å²) >= 11 is 6.89. The van der Waals surface area contributed by atoms with Crippen LogP contribution in [0.2, 0.25) is 0 Å². The normalized spacial score (nSPS) is 22.5. The number of pyridine rings is 1. The highest BCUT2D eigenvalue weighted by atomic mass is 32.2. The molecule has 0 bridgehead atoms. The van der Waals surface area contributed by atoms with Crippen LogP contribution < -0.4 is 10.5 Å². The van der Waals surface area contributed by atoms with Gasteiger partial charge in [-0.15, -0.1) is 0 Å². The molecule has 2 aromatic heterocycles. The number of aromatic nitrogens is 2. The zero-order valence-corrected chi connectivity index (χ0v) is 19.8. The number of anilines is 1. The third-order valence-electron chi connectivity index (χ3n) is 6.59. The Hall–Kier alpha value is -2.23. The number of fused-ring (bicyclic) bond motifs is 1. The van der Waals surface area contributed by atoms with Crippen LogP contribution in [0.1, 0.15) is 37.7 Å². The summed E-state index contributed by atoms with van der Waals surface area (Å²) in [6, 6.07) is 5.71. The van der Waals surface area contributed by atoms with Gasteiger partial charge in [0.2, 0.25) is 0 Å². The number of rotatable bonds is 3. The summed E-state index contributed by atoms with van der Waals surface area (Å²) in [5.41, 5.74) is 0.910. The average Bonchev–Trinajstić information content (AvgIpc) is 3.09. The number of likely N-dealkylation sites (N-methyl/N-ethyl adjacent to an activating group) is 1. The van der Waals surface area contributed by atoms with E-state index in [4.69, 9.17) is 17.2 Å². The highest BCUT2D eigenvalue weighted by molar-refractivity contribution is 8.26. The van der Waals surface area contributed by atoms with Gasteiger partial charge in [0.05, 0.1) is 10.5 Å². The number of piperazine rings is 1. The molecule has 0 radical (unpaired) electrons. The minimum Gasteiger partial charge on any atom is -0.353 e. The molecule has 2 aliphatic heterocycles. The fraction of sp³-hybridized carbons (Fsp3) is 0.478. The Labute approximate surface area is 197 Å². The number of hydrogen-bond acceptors (Lipinski definition) is 7. The van der Waals surface area contributed by atoms with E-state index in [0.717, 1.165) is 51.9 Å². The van der Waals surface area contributed by atoms with Crippen molar-refractivity contribution < 1.29 is 4.79 Å². The van der Waals surface area contributed by atoms with E-state index in [0.29, 0.717) is 26.3 Å². The number of thioether (sulfide) groups is 1. The molecule has 7 nitrogen and oxygen atoms in total. The molecular formula is C23H27N5O2S2. The molecule has 3 fully saturated rings. The Morgan fingerprint density at radius 3 is 2.59 bits per heavy atom. The number of carbonyl (C=O) groups excluding carboxylic acids is 1. The first kappa shape index (κ1) is 21.6. The minimum atomic E-state index is -0.160. The summed E-state index contributed by atoms with van der Waals surface area (Å²) in [7, 11) is 2.09. The maximum atomic E-state index is 13.5. The van der Waals surface area contributed by atoms with E-state index in [2.05, 4.69) is 16.8 Å². The van der Waals surface area contributed by atoms with E-state index in [9.17, 15) is 9.59 Å². The lowest BCUT2D eigenvalue weighted by Crippen LogP contribution is -2.45. The van der Waals surface area contributed by atoms with Crippen LogP contribution in [-0.4, -0.2) is 68.7 Å². The SMILES string of the molecule is CN1CCN(c2nc3ccccn3c(=O)c2/C=C2\SC(=S)N(C3CCCCC3)C2=O)CC1. The van der Waals surface area contributed by atoms with E-state index in [1.165, 1.54) is 18.2 Å². The molecule has 32 heavy (non-hydrogen) atoms. The van der Waals surface area contributed by atoms with Gasteiger partial charge in [-0.25, -0.2) is 4.98 Å². The van der Waals surface area contributed by atoms with Crippen LogP contribution in [0.25, 0.3) is 11.7 Å². The van der Waals surface area contributed by atoms with E-state index >= 15 is 0 Å². The van der Waals surface area contributed by atoms with Gasteiger partial charge in [0.25, 0.3) is 11.5 Å². The topological polar surface area (TPSA) is 61.2 Å². The molecule has 1 amide bonds. The van der Waals surface area contributed by atoms with Crippen LogP contribution in [0.3, 0.4) is 0 Å². The van der Waals surface area contributed by atoms with Gasteiger partial charge in [0.1, 0.15) is 15.8 Å². The van der Waals surface area contributed by atoms with Crippen LogP contribution in [0.5, 0.6) is 0 Å². The van der Waals surface area contributed by atoms with Crippen LogP contribution in [0, 0.1) is 0 Å². The minimum absolute atomic E-state index is 0.0752. The molecule has 1 aliphatic carbocycles. The quantitative estimate of drug-likeness (QED) is 0.506. The van der Waals surface area contributed by atoms with Crippen molar-refractivity contribution in [3.63, 3.8) is 0 Å². The molecule has 168 valence electrons. The maximum absolute atomic E-state index is 13.5. The summed E-state index contributed by atoms with van der Waals surface area (Å²) in [5, 5.41) is 0. The predicted molar refractivity (Wildman–Crippen MR) is 133 cm³/mol. The summed E-state index contributed by atoms with van der Waals surface area (Å²) in [6.45, 7) is 3.38. The first-order valence-corrected chi connectivity index (χ1v) is 12.5. The largest absolute Gasteiger partial charge is 0.353 e. The summed E-state index contributed by atoms with van der Waals surface area (Å²) in [6.07, 6.45) is 8.91. The first-order chi connectivity index (χ1) is 15.5. The number of nitrogens with zero attached hydrogens (tertiary/aromatic N) is 5. The third-order valence-corrected chi connectivity index (χ3v) is 7.92. The molecule has 0 N–H and O–H groups in total. The Morgan fingerprint density at radius 1 is 1.09 bits per heavy atom. The summed E-state index contributed by atoms with van der Waals surface area (Å²) in [4.78, 5) is 38.4.